The Labute approximate surface area is 150 Å². The van der Waals surface area contributed by atoms with Gasteiger partial charge in [0.2, 0.25) is 5.91 Å². The predicted octanol–water partition coefficient (Wildman–Crippen LogP) is 1.96. The molecule has 0 aliphatic heterocycles. The number of pyridine rings is 2. The minimum Gasteiger partial charge on any atom is -0.348 e. The lowest BCUT2D eigenvalue weighted by Crippen LogP contribution is -2.31. The zero-order chi connectivity index (χ0) is 18.5. The Balaban J connectivity index is 1.76. The number of hydrogen-bond acceptors (Lipinski definition) is 5. The van der Waals surface area contributed by atoms with Gasteiger partial charge in [-0.3, -0.25) is 19.6 Å². The van der Waals surface area contributed by atoms with E-state index in [4.69, 9.17) is 0 Å². The van der Waals surface area contributed by atoms with Crippen molar-refractivity contribution in [3.05, 3.63) is 76.1 Å². The Morgan fingerprint density at radius 2 is 1.88 bits per heavy atom. The van der Waals surface area contributed by atoms with Gasteiger partial charge in [0, 0.05) is 23.7 Å². The fraction of sp³-hybridized carbons (Fsp3) is 0.211. The Bertz CT molecular complexity index is 955. The third-order valence-corrected chi connectivity index (χ3v) is 3.98. The fourth-order valence-corrected chi connectivity index (χ4v) is 2.60. The van der Waals surface area contributed by atoms with Crippen molar-refractivity contribution < 1.29 is 4.79 Å². The molecule has 1 amide bonds. The van der Waals surface area contributed by atoms with E-state index in [2.05, 4.69) is 25.3 Å². The molecule has 0 saturated carbocycles. The Morgan fingerprint density at radius 1 is 1.15 bits per heavy atom. The van der Waals surface area contributed by atoms with Crippen LogP contribution in [0, 0.1) is 6.92 Å². The molecule has 0 aliphatic carbocycles. The van der Waals surface area contributed by atoms with Gasteiger partial charge in [-0.25, -0.2) is 4.98 Å². The van der Waals surface area contributed by atoms with Gasteiger partial charge in [0.15, 0.2) is 5.82 Å². The summed E-state index contributed by atoms with van der Waals surface area (Å²) in [6, 6.07) is 10.6. The van der Waals surface area contributed by atoms with Crippen molar-refractivity contribution in [3.63, 3.8) is 0 Å². The van der Waals surface area contributed by atoms with Crippen molar-refractivity contribution >= 4 is 5.91 Å². The van der Waals surface area contributed by atoms with Crippen LogP contribution in [0.4, 0.5) is 0 Å². The summed E-state index contributed by atoms with van der Waals surface area (Å²) in [6.07, 6.45) is 3.26. The summed E-state index contributed by atoms with van der Waals surface area (Å²) < 4.78 is 0. The minimum absolute atomic E-state index is 0.0478. The summed E-state index contributed by atoms with van der Waals surface area (Å²) in [7, 11) is 0. The first kappa shape index (κ1) is 17.5. The molecule has 1 atom stereocenters. The van der Waals surface area contributed by atoms with E-state index in [0.29, 0.717) is 22.8 Å². The van der Waals surface area contributed by atoms with E-state index >= 15 is 0 Å². The first-order valence-corrected chi connectivity index (χ1v) is 8.26. The number of nitrogens with zero attached hydrogens (tertiary/aromatic N) is 3. The van der Waals surface area contributed by atoms with Gasteiger partial charge < -0.3 is 10.3 Å². The van der Waals surface area contributed by atoms with E-state index in [0.717, 1.165) is 5.69 Å². The lowest BCUT2D eigenvalue weighted by atomic mass is 10.1. The lowest BCUT2D eigenvalue weighted by molar-refractivity contribution is -0.121. The van der Waals surface area contributed by atoms with Gasteiger partial charge in [-0.15, -0.1) is 0 Å². The number of amides is 1. The molecule has 3 heterocycles. The molecule has 2 N–H and O–H groups in total. The molecule has 132 valence electrons. The number of aromatic nitrogens is 4. The molecule has 0 bridgehead atoms. The van der Waals surface area contributed by atoms with Crippen molar-refractivity contribution in [2.24, 2.45) is 0 Å². The first-order valence-electron chi connectivity index (χ1n) is 8.26. The second-order valence-electron chi connectivity index (χ2n) is 5.91. The summed E-state index contributed by atoms with van der Waals surface area (Å²) in [6.45, 7) is 3.56. The quantitative estimate of drug-likeness (QED) is 0.733. The van der Waals surface area contributed by atoms with E-state index in [1.807, 2.05) is 31.2 Å². The molecule has 3 rings (SSSR count). The van der Waals surface area contributed by atoms with Crippen LogP contribution in [0.3, 0.4) is 0 Å². The summed E-state index contributed by atoms with van der Waals surface area (Å²) in [5, 5.41) is 2.85. The maximum atomic E-state index is 12.4. The van der Waals surface area contributed by atoms with Crippen LogP contribution in [0.5, 0.6) is 0 Å². The number of rotatable bonds is 5. The molecule has 0 aromatic carbocycles. The minimum atomic E-state index is -0.334. The Kier molecular flexibility index (Phi) is 5.17. The number of hydrogen-bond donors (Lipinski definition) is 2. The summed E-state index contributed by atoms with van der Waals surface area (Å²) in [5.74, 6) is 0.128. The van der Waals surface area contributed by atoms with Crippen molar-refractivity contribution in [2.45, 2.75) is 26.3 Å². The van der Waals surface area contributed by atoms with Crippen LogP contribution >= 0.6 is 0 Å². The van der Waals surface area contributed by atoms with Crippen LogP contribution in [-0.4, -0.2) is 25.8 Å². The van der Waals surface area contributed by atoms with Crippen LogP contribution in [0.2, 0.25) is 0 Å². The molecule has 3 aromatic heterocycles. The number of carbonyl (C=O) groups is 1. The van der Waals surface area contributed by atoms with Crippen molar-refractivity contribution in [1.82, 2.24) is 25.3 Å². The highest BCUT2D eigenvalue weighted by Crippen LogP contribution is 2.12. The SMILES string of the molecule is Cc1nc(-c2ccccn2)[nH]c(=O)c1CC(=O)N[C@H](C)c1ccccn1. The summed E-state index contributed by atoms with van der Waals surface area (Å²) in [5.41, 5.74) is 1.85. The molecular formula is C19H19N5O2. The van der Waals surface area contributed by atoms with Crippen LogP contribution in [0.15, 0.2) is 53.6 Å². The van der Waals surface area contributed by atoms with E-state index < -0.39 is 0 Å². The third-order valence-electron chi connectivity index (χ3n) is 3.98. The first-order chi connectivity index (χ1) is 12.5. The van der Waals surface area contributed by atoms with Crippen LogP contribution in [0.1, 0.15) is 29.9 Å². The van der Waals surface area contributed by atoms with Gasteiger partial charge in [0.25, 0.3) is 5.56 Å². The highest BCUT2D eigenvalue weighted by Gasteiger charge is 2.16. The predicted molar refractivity (Wildman–Crippen MR) is 97.3 cm³/mol. The van der Waals surface area contributed by atoms with Crippen LogP contribution in [-0.2, 0) is 11.2 Å². The summed E-state index contributed by atoms with van der Waals surface area (Å²) >= 11 is 0. The average Bonchev–Trinajstić information content (AvgIpc) is 2.66. The molecule has 0 unspecified atom stereocenters. The maximum absolute atomic E-state index is 12.4. The Hall–Kier alpha value is -3.35. The largest absolute Gasteiger partial charge is 0.348 e. The van der Waals surface area contributed by atoms with Crippen molar-refractivity contribution in [2.75, 3.05) is 0 Å². The molecule has 3 aromatic rings. The van der Waals surface area contributed by atoms with Gasteiger partial charge in [-0.05, 0) is 38.1 Å². The van der Waals surface area contributed by atoms with E-state index in [-0.39, 0.29) is 23.9 Å². The van der Waals surface area contributed by atoms with Crippen LogP contribution in [0.25, 0.3) is 11.5 Å². The number of aryl methyl sites for hydroxylation is 1. The highest BCUT2D eigenvalue weighted by atomic mass is 16.2. The third kappa shape index (κ3) is 4.00. The zero-order valence-corrected chi connectivity index (χ0v) is 14.6. The molecule has 26 heavy (non-hydrogen) atoms. The number of aromatic amines is 1. The summed E-state index contributed by atoms with van der Waals surface area (Å²) in [4.78, 5) is 40.2. The standard InChI is InChI=1S/C19H19N5O2/c1-12-14(11-17(25)22-13(2)15-7-3-5-9-20-15)19(26)24-18(23-12)16-8-4-6-10-21-16/h3-10,13H,11H2,1-2H3,(H,22,25)(H,23,24,26)/t13-/m1/s1. The molecule has 0 fully saturated rings. The molecule has 0 radical (unpaired) electrons. The molecule has 7 nitrogen and oxygen atoms in total. The number of H-pyrrole nitrogens is 1. The maximum Gasteiger partial charge on any atom is 0.255 e. The molecule has 0 aliphatic rings. The number of nitrogens with one attached hydrogen (secondary N) is 2. The average molecular weight is 349 g/mol. The molecule has 0 spiro atoms. The fourth-order valence-electron chi connectivity index (χ4n) is 2.60. The van der Waals surface area contributed by atoms with E-state index in [1.165, 1.54) is 0 Å². The highest BCUT2D eigenvalue weighted by molar-refractivity contribution is 5.79. The molecule has 7 heteroatoms. The Morgan fingerprint density at radius 3 is 2.50 bits per heavy atom. The second-order valence-corrected chi connectivity index (χ2v) is 5.91. The van der Waals surface area contributed by atoms with E-state index in [1.54, 1.807) is 31.5 Å². The zero-order valence-electron chi connectivity index (χ0n) is 14.6. The molecular weight excluding hydrogens is 330 g/mol. The van der Waals surface area contributed by atoms with E-state index in [9.17, 15) is 9.59 Å². The normalized spacial score (nSPS) is 11.8. The van der Waals surface area contributed by atoms with Crippen molar-refractivity contribution in [3.8, 4) is 11.5 Å². The monoisotopic (exact) mass is 349 g/mol. The molecule has 0 saturated heterocycles. The van der Waals surface area contributed by atoms with Gasteiger partial charge in [-0.2, -0.15) is 0 Å². The van der Waals surface area contributed by atoms with Gasteiger partial charge in [0.1, 0.15) is 5.69 Å². The second kappa shape index (κ2) is 7.69. The lowest BCUT2D eigenvalue weighted by Gasteiger charge is -2.13. The van der Waals surface area contributed by atoms with Crippen LogP contribution < -0.4 is 10.9 Å². The van der Waals surface area contributed by atoms with Gasteiger partial charge in [-0.1, -0.05) is 12.1 Å². The van der Waals surface area contributed by atoms with Gasteiger partial charge in [0.05, 0.1) is 18.2 Å². The van der Waals surface area contributed by atoms with Crippen molar-refractivity contribution in [1.29, 1.82) is 0 Å². The number of carbonyl (C=O) groups excluding carboxylic acids is 1. The van der Waals surface area contributed by atoms with Gasteiger partial charge >= 0.3 is 0 Å². The smallest absolute Gasteiger partial charge is 0.255 e. The topological polar surface area (TPSA) is 101 Å².